The second-order valence-corrected chi connectivity index (χ2v) is 11.9. The van der Waals surface area contributed by atoms with Gasteiger partial charge < -0.3 is 24.6 Å². The number of carbonyl (C=O) groups excluding carboxylic acids is 3. The molecule has 42 heavy (non-hydrogen) atoms. The maximum Gasteiger partial charge on any atom is 0.410 e. The second kappa shape index (κ2) is 15.0. The number of methoxy groups -OCH3 is 1. The van der Waals surface area contributed by atoms with Gasteiger partial charge in [0.15, 0.2) is 5.75 Å². The van der Waals surface area contributed by atoms with Crippen LogP contribution >= 0.6 is 55.1 Å². The predicted molar refractivity (Wildman–Crippen MR) is 166 cm³/mol. The van der Waals surface area contributed by atoms with Crippen LogP contribution in [0.2, 0.25) is 10.0 Å². The van der Waals surface area contributed by atoms with Gasteiger partial charge in [0.25, 0.3) is 0 Å². The van der Waals surface area contributed by atoms with E-state index in [-0.39, 0.29) is 41.0 Å². The van der Waals surface area contributed by atoms with E-state index in [4.69, 9.17) is 32.7 Å². The number of ether oxygens (including phenoxy) is 2. The summed E-state index contributed by atoms with van der Waals surface area (Å²) in [4.78, 5) is 42.4. The van der Waals surface area contributed by atoms with Crippen LogP contribution in [0.15, 0.2) is 63.5 Å². The molecule has 3 aromatic rings. The number of halogens is 4. The minimum Gasteiger partial charge on any atom is -0.506 e. The van der Waals surface area contributed by atoms with Crippen molar-refractivity contribution in [3.8, 4) is 11.5 Å². The molecule has 0 bridgehead atoms. The number of amides is 2. The largest absolute Gasteiger partial charge is 0.506 e. The van der Waals surface area contributed by atoms with Gasteiger partial charge in [-0.2, -0.15) is 0 Å². The van der Waals surface area contributed by atoms with Crippen LogP contribution in [0.4, 0.5) is 4.79 Å². The summed E-state index contributed by atoms with van der Waals surface area (Å²) >= 11 is 18.8. The molecule has 0 unspecified atom stereocenters. The number of nitrogens with zero attached hydrogens (tertiary/aromatic N) is 2. The molecular weight excluding hydrogens is 719 g/mol. The van der Waals surface area contributed by atoms with Gasteiger partial charge in [-0.3, -0.25) is 9.69 Å². The van der Waals surface area contributed by atoms with Gasteiger partial charge in [0.1, 0.15) is 24.4 Å². The molecule has 0 fully saturated rings. The molecule has 0 aliphatic rings. The predicted octanol–water partition coefficient (Wildman–Crippen LogP) is 6.35. The minimum atomic E-state index is -1.17. The summed E-state index contributed by atoms with van der Waals surface area (Å²) in [5, 5.41) is 20.0. The van der Waals surface area contributed by atoms with Gasteiger partial charge in [0, 0.05) is 26.9 Å². The van der Waals surface area contributed by atoms with Crippen molar-refractivity contribution in [2.45, 2.75) is 31.5 Å². The maximum atomic E-state index is 14.0. The lowest BCUT2D eigenvalue weighted by atomic mass is 10.0. The van der Waals surface area contributed by atoms with Crippen molar-refractivity contribution in [2.24, 2.45) is 0 Å². The van der Waals surface area contributed by atoms with Crippen LogP contribution in [0.5, 0.6) is 11.5 Å². The summed E-state index contributed by atoms with van der Waals surface area (Å²) in [6.07, 6.45) is -0.801. The highest BCUT2D eigenvalue weighted by Crippen LogP contribution is 2.35. The molecule has 2 amide bonds. The van der Waals surface area contributed by atoms with Crippen molar-refractivity contribution >= 4 is 73.0 Å². The SMILES string of the molecule is COC(=O)[C@H](Cc1cc(Br)c(O)c(Br)c1)N(C)C(=O)[C@@H](Cc1cc(Cl)c(O)c(Cl)c1)N(C)C(=O)OCc1ccccc1. The summed E-state index contributed by atoms with van der Waals surface area (Å²) in [6.45, 7) is -0.0208. The van der Waals surface area contributed by atoms with Crippen molar-refractivity contribution in [3.05, 3.63) is 90.3 Å². The van der Waals surface area contributed by atoms with Gasteiger partial charge in [-0.25, -0.2) is 9.59 Å². The monoisotopic (exact) mass is 744 g/mol. The average Bonchev–Trinajstić information content (AvgIpc) is 2.97. The lowest BCUT2D eigenvalue weighted by Gasteiger charge is -2.33. The number of esters is 1. The van der Waals surface area contributed by atoms with Crippen LogP contribution in [0, 0.1) is 0 Å². The molecule has 0 radical (unpaired) electrons. The van der Waals surface area contributed by atoms with Crippen LogP contribution in [-0.4, -0.2) is 71.3 Å². The summed E-state index contributed by atoms with van der Waals surface area (Å²) in [5.41, 5.74) is 1.83. The molecule has 0 aliphatic heterocycles. The summed E-state index contributed by atoms with van der Waals surface area (Å²) in [5.74, 6) is -1.61. The number of hydrogen-bond donors (Lipinski definition) is 2. The number of phenols is 2. The fourth-order valence-electron chi connectivity index (χ4n) is 4.16. The van der Waals surface area contributed by atoms with E-state index < -0.39 is 30.1 Å². The Morgan fingerprint density at radius 3 is 1.88 bits per heavy atom. The summed E-state index contributed by atoms with van der Waals surface area (Å²) in [7, 11) is 4.05. The molecule has 0 spiro atoms. The molecule has 0 aliphatic carbocycles. The number of likely N-dealkylation sites (N-methyl/N-ethyl adjacent to an activating group) is 2. The normalized spacial score (nSPS) is 12.3. The maximum absolute atomic E-state index is 14.0. The van der Waals surface area contributed by atoms with Crippen LogP contribution in [0.1, 0.15) is 16.7 Å². The number of benzene rings is 3. The fourth-order valence-corrected chi connectivity index (χ4v) is 5.97. The van der Waals surface area contributed by atoms with Crippen LogP contribution in [0.25, 0.3) is 0 Å². The third-order valence-electron chi connectivity index (χ3n) is 6.55. The number of hydrogen-bond acceptors (Lipinski definition) is 7. The topological polar surface area (TPSA) is 117 Å². The van der Waals surface area contributed by atoms with Gasteiger partial charge in [-0.15, -0.1) is 0 Å². The first-order valence-corrected chi connectivity index (χ1v) is 14.8. The first-order chi connectivity index (χ1) is 19.8. The lowest BCUT2D eigenvalue weighted by Crippen LogP contribution is -2.54. The van der Waals surface area contributed by atoms with E-state index in [0.29, 0.717) is 20.1 Å². The average molecular weight is 747 g/mol. The van der Waals surface area contributed by atoms with E-state index in [0.717, 1.165) is 10.5 Å². The van der Waals surface area contributed by atoms with E-state index in [2.05, 4.69) is 31.9 Å². The quantitative estimate of drug-likeness (QED) is 0.232. The zero-order chi connectivity index (χ0) is 31.1. The van der Waals surface area contributed by atoms with E-state index in [1.807, 2.05) is 18.2 Å². The standard InChI is InChI=1S/C29H28Br2Cl2N2O7/c1-34(24(28(39)41-3)14-17-9-19(30)25(36)20(31)10-17)27(38)23(13-18-11-21(32)26(37)22(33)12-18)35(2)29(40)42-15-16-7-5-4-6-8-16/h4-12,23-24,36-37H,13-15H2,1-3H3/t23-,24+/m1/s1. The summed E-state index contributed by atoms with van der Waals surface area (Å²) < 4.78 is 11.3. The van der Waals surface area contributed by atoms with Crippen molar-refractivity contribution in [1.29, 1.82) is 0 Å². The highest BCUT2D eigenvalue weighted by molar-refractivity contribution is 9.11. The molecule has 3 aromatic carbocycles. The number of aromatic hydroxyl groups is 2. The van der Waals surface area contributed by atoms with Gasteiger partial charge >= 0.3 is 12.1 Å². The van der Waals surface area contributed by atoms with E-state index in [1.54, 1.807) is 24.3 Å². The molecule has 2 N–H and O–H groups in total. The van der Waals surface area contributed by atoms with Crippen LogP contribution in [-0.2, 0) is 38.5 Å². The van der Waals surface area contributed by atoms with Crippen molar-refractivity contribution in [2.75, 3.05) is 21.2 Å². The fraction of sp³-hybridized carbons (Fsp3) is 0.276. The van der Waals surface area contributed by atoms with Crippen molar-refractivity contribution < 1.29 is 34.1 Å². The molecule has 9 nitrogen and oxygen atoms in total. The zero-order valence-electron chi connectivity index (χ0n) is 22.8. The molecular formula is C29H28Br2Cl2N2O7. The third-order valence-corrected chi connectivity index (χ3v) is 8.33. The molecule has 0 saturated heterocycles. The third kappa shape index (κ3) is 8.31. The number of phenolic OH excluding ortho intramolecular Hbond substituents is 2. The van der Waals surface area contributed by atoms with Crippen molar-refractivity contribution in [3.63, 3.8) is 0 Å². The highest BCUT2D eigenvalue weighted by atomic mass is 79.9. The second-order valence-electron chi connectivity index (χ2n) is 9.38. The van der Waals surface area contributed by atoms with Gasteiger partial charge in [-0.1, -0.05) is 53.5 Å². The Kier molecular flexibility index (Phi) is 11.9. The smallest absolute Gasteiger partial charge is 0.410 e. The zero-order valence-corrected chi connectivity index (χ0v) is 27.5. The highest BCUT2D eigenvalue weighted by Gasteiger charge is 2.36. The molecule has 0 aromatic heterocycles. The Bertz CT molecular complexity index is 1410. The van der Waals surface area contributed by atoms with Crippen LogP contribution in [0.3, 0.4) is 0 Å². The minimum absolute atomic E-state index is 0.0141. The molecule has 2 atom stereocenters. The molecule has 13 heteroatoms. The summed E-state index contributed by atoms with van der Waals surface area (Å²) in [6, 6.07) is 12.9. The lowest BCUT2D eigenvalue weighted by molar-refractivity contribution is -0.153. The van der Waals surface area contributed by atoms with E-state index in [1.165, 1.54) is 38.2 Å². The van der Waals surface area contributed by atoms with Crippen LogP contribution < -0.4 is 0 Å². The van der Waals surface area contributed by atoms with Crippen molar-refractivity contribution in [1.82, 2.24) is 9.80 Å². The van der Waals surface area contributed by atoms with E-state index in [9.17, 15) is 24.6 Å². The first-order valence-electron chi connectivity index (χ1n) is 12.5. The van der Waals surface area contributed by atoms with Gasteiger partial charge in [-0.05, 0) is 72.8 Å². The molecule has 0 heterocycles. The Balaban J connectivity index is 1.94. The van der Waals surface area contributed by atoms with E-state index >= 15 is 0 Å². The molecule has 3 rings (SSSR count). The first kappa shape index (κ1) is 33.5. The number of carbonyl (C=O) groups is 3. The molecule has 224 valence electrons. The molecule has 0 saturated carbocycles. The van der Waals surface area contributed by atoms with Gasteiger partial charge in [0.05, 0.1) is 26.1 Å². The number of rotatable bonds is 10. The Morgan fingerprint density at radius 2 is 1.33 bits per heavy atom. The Morgan fingerprint density at radius 1 is 0.810 bits per heavy atom. The Labute approximate surface area is 270 Å². The van der Waals surface area contributed by atoms with Gasteiger partial charge in [0.2, 0.25) is 5.91 Å². The Hall–Kier alpha value is -2.99.